The number of aliphatic hydroxyl groups excluding tert-OH is 1. The Balaban J connectivity index is 3.04. The predicted molar refractivity (Wildman–Crippen MR) is 66.7 cm³/mol. The first kappa shape index (κ1) is 14.2. The number of aliphatic hydroxyl groups is 1. The monoisotopic (exact) mass is 251 g/mol. The summed E-state index contributed by atoms with van der Waals surface area (Å²) in [6.07, 6.45) is 0. The number of carbonyl (C=O) groups is 2. The number of carboxylic acid groups (broad SMARTS) is 1. The fourth-order valence-electron chi connectivity index (χ4n) is 1.36. The zero-order valence-electron chi connectivity index (χ0n) is 10.7. The van der Waals surface area contributed by atoms with Crippen LogP contribution in [0.15, 0.2) is 24.3 Å². The summed E-state index contributed by atoms with van der Waals surface area (Å²) in [5.74, 6) is -1.40. The Bertz CT molecular complexity index is 468. The minimum absolute atomic E-state index is 0.0658. The molecule has 0 radical (unpaired) electrons. The molecular formula is C13H17NO4. The van der Waals surface area contributed by atoms with Gasteiger partial charge in [0.15, 0.2) is 0 Å². The molecule has 1 rings (SSSR count). The van der Waals surface area contributed by atoms with Gasteiger partial charge in [-0.1, -0.05) is 6.07 Å². The van der Waals surface area contributed by atoms with E-state index in [1.54, 1.807) is 27.0 Å². The topological polar surface area (TPSA) is 77.8 Å². The van der Waals surface area contributed by atoms with Crippen LogP contribution in [-0.4, -0.2) is 46.2 Å². The molecule has 5 heteroatoms. The van der Waals surface area contributed by atoms with E-state index < -0.39 is 11.5 Å². The summed E-state index contributed by atoms with van der Waals surface area (Å²) in [6.45, 7) is 3.28. The summed E-state index contributed by atoms with van der Waals surface area (Å²) in [5.41, 5.74) is -0.342. The molecule has 0 aromatic heterocycles. The SMILES string of the molecule is CN(C(=O)c1cccc(C(=O)O)c1)C(C)(C)CO. The first-order valence-electron chi connectivity index (χ1n) is 5.52. The van der Waals surface area contributed by atoms with Crippen LogP contribution < -0.4 is 0 Å². The molecule has 0 unspecified atom stereocenters. The van der Waals surface area contributed by atoms with Gasteiger partial charge in [-0.3, -0.25) is 4.79 Å². The molecule has 0 heterocycles. The molecule has 5 nitrogen and oxygen atoms in total. The number of hydrogen-bond donors (Lipinski definition) is 2. The largest absolute Gasteiger partial charge is 0.478 e. The minimum atomic E-state index is -1.08. The maximum Gasteiger partial charge on any atom is 0.335 e. The Morgan fingerprint density at radius 3 is 2.33 bits per heavy atom. The van der Waals surface area contributed by atoms with Crippen molar-refractivity contribution < 1.29 is 19.8 Å². The van der Waals surface area contributed by atoms with Crippen LogP contribution in [0.4, 0.5) is 0 Å². The average Bonchev–Trinajstić information content (AvgIpc) is 2.37. The number of aromatic carboxylic acids is 1. The molecule has 0 aliphatic rings. The number of carbonyl (C=O) groups excluding carboxylic acids is 1. The third-order valence-electron chi connectivity index (χ3n) is 2.96. The molecule has 18 heavy (non-hydrogen) atoms. The highest BCUT2D eigenvalue weighted by atomic mass is 16.4. The van der Waals surface area contributed by atoms with E-state index in [1.807, 2.05) is 0 Å². The molecule has 0 saturated heterocycles. The van der Waals surface area contributed by atoms with Gasteiger partial charge in [0.05, 0.1) is 17.7 Å². The van der Waals surface area contributed by atoms with Gasteiger partial charge in [0.25, 0.3) is 5.91 Å². The zero-order valence-corrected chi connectivity index (χ0v) is 10.7. The van der Waals surface area contributed by atoms with Crippen molar-refractivity contribution in [3.63, 3.8) is 0 Å². The fraction of sp³-hybridized carbons (Fsp3) is 0.385. The van der Waals surface area contributed by atoms with Gasteiger partial charge in [-0.2, -0.15) is 0 Å². The van der Waals surface area contributed by atoms with E-state index in [9.17, 15) is 14.7 Å². The van der Waals surface area contributed by atoms with E-state index >= 15 is 0 Å². The third-order valence-corrected chi connectivity index (χ3v) is 2.96. The van der Waals surface area contributed by atoms with Crippen LogP contribution >= 0.6 is 0 Å². The second-order valence-corrected chi connectivity index (χ2v) is 4.72. The van der Waals surface area contributed by atoms with Crippen molar-refractivity contribution in [3.05, 3.63) is 35.4 Å². The van der Waals surface area contributed by atoms with Crippen molar-refractivity contribution in [3.8, 4) is 0 Å². The lowest BCUT2D eigenvalue weighted by molar-refractivity contribution is 0.0473. The molecule has 0 saturated carbocycles. The van der Waals surface area contributed by atoms with E-state index in [1.165, 1.54) is 23.1 Å². The molecule has 2 N–H and O–H groups in total. The van der Waals surface area contributed by atoms with Crippen LogP contribution in [0.5, 0.6) is 0 Å². The minimum Gasteiger partial charge on any atom is -0.478 e. The van der Waals surface area contributed by atoms with Crippen molar-refractivity contribution in [2.45, 2.75) is 19.4 Å². The number of nitrogens with zero attached hydrogens (tertiary/aromatic N) is 1. The van der Waals surface area contributed by atoms with Crippen LogP contribution in [-0.2, 0) is 0 Å². The molecule has 1 aromatic rings. The number of rotatable bonds is 4. The molecule has 1 aromatic carbocycles. The summed E-state index contributed by atoms with van der Waals surface area (Å²) in [4.78, 5) is 24.4. The number of hydrogen-bond acceptors (Lipinski definition) is 3. The zero-order chi connectivity index (χ0) is 13.9. The fourth-order valence-corrected chi connectivity index (χ4v) is 1.36. The number of likely N-dealkylation sites (N-methyl/N-ethyl adjacent to an activating group) is 1. The maximum absolute atomic E-state index is 12.1. The smallest absolute Gasteiger partial charge is 0.335 e. The normalized spacial score (nSPS) is 11.1. The first-order valence-corrected chi connectivity index (χ1v) is 5.52. The molecule has 0 spiro atoms. The van der Waals surface area contributed by atoms with Crippen LogP contribution in [0.25, 0.3) is 0 Å². The summed E-state index contributed by atoms with van der Waals surface area (Å²) < 4.78 is 0. The van der Waals surface area contributed by atoms with Gasteiger partial charge in [0, 0.05) is 12.6 Å². The molecule has 0 aliphatic heterocycles. The second kappa shape index (κ2) is 5.18. The highest BCUT2D eigenvalue weighted by Gasteiger charge is 2.27. The van der Waals surface area contributed by atoms with Gasteiger partial charge in [0.1, 0.15) is 0 Å². The van der Waals surface area contributed by atoms with Gasteiger partial charge >= 0.3 is 5.97 Å². The summed E-state index contributed by atoms with van der Waals surface area (Å²) in [7, 11) is 1.58. The lowest BCUT2D eigenvalue weighted by Gasteiger charge is -2.34. The summed E-state index contributed by atoms with van der Waals surface area (Å²) in [6, 6.07) is 5.83. The second-order valence-electron chi connectivity index (χ2n) is 4.72. The summed E-state index contributed by atoms with van der Waals surface area (Å²) >= 11 is 0. The van der Waals surface area contributed by atoms with Crippen LogP contribution in [0.3, 0.4) is 0 Å². The van der Waals surface area contributed by atoms with Crippen LogP contribution in [0.1, 0.15) is 34.6 Å². The quantitative estimate of drug-likeness (QED) is 0.843. The predicted octanol–water partition coefficient (Wildman–Crippen LogP) is 1.23. The number of amides is 1. The molecule has 0 atom stereocenters. The molecule has 0 fully saturated rings. The molecule has 0 bridgehead atoms. The van der Waals surface area contributed by atoms with E-state index in [0.717, 1.165) is 0 Å². The number of carboxylic acids is 1. The van der Waals surface area contributed by atoms with Crippen LogP contribution in [0.2, 0.25) is 0 Å². The molecular weight excluding hydrogens is 234 g/mol. The van der Waals surface area contributed by atoms with Gasteiger partial charge < -0.3 is 15.1 Å². The van der Waals surface area contributed by atoms with Crippen molar-refractivity contribution >= 4 is 11.9 Å². The lowest BCUT2D eigenvalue weighted by atomic mass is 10.0. The Morgan fingerprint density at radius 2 is 1.83 bits per heavy atom. The van der Waals surface area contributed by atoms with Gasteiger partial charge in [-0.15, -0.1) is 0 Å². The van der Waals surface area contributed by atoms with Crippen molar-refractivity contribution in [2.75, 3.05) is 13.7 Å². The average molecular weight is 251 g/mol. The molecule has 0 aliphatic carbocycles. The van der Waals surface area contributed by atoms with E-state index in [2.05, 4.69) is 0 Å². The Labute approximate surface area is 106 Å². The van der Waals surface area contributed by atoms with Gasteiger partial charge in [-0.05, 0) is 32.0 Å². The van der Waals surface area contributed by atoms with E-state index in [4.69, 9.17) is 5.11 Å². The van der Waals surface area contributed by atoms with Crippen molar-refractivity contribution in [1.82, 2.24) is 4.90 Å². The van der Waals surface area contributed by atoms with E-state index in [-0.39, 0.29) is 18.1 Å². The van der Waals surface area contributed by atoms with Crippen molar-refractivity contribution in [1.29, 1.82) is 0 Å². The van der Waals surface area contributed by atoms with Crippen molar-refractivity contribution in [2.24, 2.45) is 0 Å². The lowest BCUT2D eigenvalue weighted by Crippen LogP contribution is -2.47. The van der Waals surface area contributed by atoms with Crippen LogP contribution in [0, 0.1) is 0 Å². The molecule has 1 amide bonds. The Morgan fingerprint density at radius 1 is 1.28 bits per heavy atom. The van der Waals surface area contributed by atoms with Gasteiger partial charge in [0.2, 0.25) is 0 Å². The molecule has 98 valence electrons. The third kappa shape index (κ3) is 2.87. The Kier molecular flexibility index (Phi) is 4.08. The highest BCUT2D eigenvalue weighted by molar-refractivity contribution is 5.97. The number of benzene rings is 1. The Hall–Kier alpha value is -1.88. The van der Waals surface area contributed by atoms with Gasteiger partial charge in [-0.25, -0.2) is 4.79 Å². The highest BCUT2D eigenvalue weighted by Crippen LogP contribution is 2.16. The first-order chi connectivity index (χ1) is 8.29. The summed E-state index contributed by atoms with van der Waals surface area (Å²) in [5, 5.41) is 18.1. The maximum atomic E-state index is 12.1. The standard InChI is InChI=1S/C13H17NO4/c1-13(2,8-15)14(3)11(16)9-5-4-6-10(7-9)12(17)18/h4-7,15H,8H2,1-3H3,(H,17,18). The van der Waals surface area contributed by atoms with E-state index in [0.29, 0.717) is 5.56 Å².